The van der Waals surface area contributed by atoms with Crippen molar-refractivity contribution in [3.63, 3.8) is 0 Å². The molecule has 1 saturated heterocycles. The third-order valence-electron chi connectivity index (χ3n) is 6.15. The molecule has 3 heterocycles. The number of aliphatic hydroxyl groups is 1. The Bertz CT molecular complexity index is 1270. The molecule has 0 spiro atoms. The van der Waals surface area contributed by atoms with E-state index in [2.05, 4.69) is 15.0 Å². The van der Waals surface area contributed by atoms with Crippen LogP contribution in [0.4, 0.5) is 4.39 Å². The number of nitrogens with zero attached hydrogens (tertiary/aromatic N) is 3. The Morgan fingerprint density at radius 3 is 2.68 bits per heavy atom. The Balaban J connectivity index is 1.40. The number of aromatic nitrogens is 3. The number of H-pyrrole nitrogens is 1. The minimum Gasteiger partial charge on any atom is -0.389 e. The summed E-state index contributed by atoms with van der Waals surface area (Å²) in [6.45, 7) is 0.398. The number of benzene rings is 2. The molecule has 1 aliphatic heterocycles. The maximum absolute atomic E-state index is 13.7. The molecule has 1 fully saturated rings. The van der Waals surface area contributed by atoms with Gasteiger partial charge in [-0.05, 0) is 42.5 Å². The quantitative estimate of drug-likeness (QED) is 0.407. The summed E-state index contributed by atoms with van der Waals surface area (Å²) in [5.41, 5.74) is 3.06. The van der Waals surface area contributed by atoms with Crippen LogP contribution in [0.25, 0.3) is 21.7 Å². The molecule has 0 radical (unpaired) electrons. The van der Waals surface area contributed by atoms with Gasteiger partial charge in [-0.15, -0.1) is 11.3 Å². The monoisotopic (exact) mass is 476 g/mol. The summed E-state index contributed by atoms with van der Waals surface area (Å²) in [5.74, 6) is 0.347. The average molecular weight is 477 g/mol. The van der Waals surface area contributed by atoms with Crippen LogP contribution < -0.4 is 0 Å². The first-order valence-electron chi connectivity index (χ1n) is 11.4. The molecular weight excluding hydrogens is 451 g/mol. The molecule has 1 atom stereocenters. The Morgan fingerprint density at radius 1 is 1.12 bits per heavy atom. The van der Waals surface area contributed by atoms with E-state index in [0.717, 1.165) is 36.3 Å². The fraction of sp³-hybridized carbons (Fsp3) is 0.269. The van der Waals surface area contributed by atoms with Crippen LogP contribution in [0.2, 0.25) is 0 Å². The van der Waals surface area contributed by atoms with Gasteiger partial charge in [-0.3, -0.25) is 4.79 Å². The lowest BCUT2D eigenvalue weighted by Crippen LogP contribution is -2.45. The Kier molecular flexibility index (Phi) is 6.51. The largest absolute Gasteiger partial charge is 0.389 e. The minimum atomic E-state index is -0.340. The number of aromatic amines is 1. The van der Waals surface area contributed by atoms with E-state index in [4.69, 9.17) is 0 Å². The minimum absolute atomic E-state index is 0.00336. The number of hydrogen-bond donors (Lipinski definition) is 2. The van der Waals surface area contributed by atoms with Crippen molar-refractivity contribution in [2.45, 2.75) is 38.3 Å². The molecule has 5 rings (SSSR count). The molecule has 1 aliphatic rings. The van der Waals surface area contributed by atoms with E-state index in [1.54, 1.807) is 12.1 Å². The molecule has 174 valence electrons. The lowest BCUT2D eigenvalue weighted by molar-refractivity contribution is 0.0606. The second-order valence-corrected chi connectivity index (χ2v) is 9.50. The van der Waals surface area contributed by atoms with Crippen molar-refractivity contribution in [1.29, 1.82) is 0 Å². The summed E-state index contributed by atoms with van der Waals surface area (Å²) >= 11 is 1.27. The highest BCUT2D eigenvalue weighted by atomic mass is 32.1. The first-order chi connectivity index (χ1) is 16.6. The number of piperidine rings is 1. The SMILES string of the molecule is O=C(c1nc(CO)sc1-c1ccc(F)cc1)N1CCCCC1Cc1ncc(-c2ccccc2)[nH]1. The zero-order valence-electron chi connectivity index (χ0n) is 18.6. The van der Waals surface area contributed by atoms with Crippen LogP contribution in [0.3, 0.4) is 0 Å². The molecule has 4 aromatic rings. The molecule has 8 heteroatoms. The van der Waals surface area contributed by atoms with Crippen LogP contribution in [-0.2, 0) is 13.0 Å². The first-order valence-corrected chi connectivity index (χ1v) is 12.2. The van der Waals surface area contributed by atoms with Crippen molar-refractivity contribution in [1.82, 2.24) is 19.9 Å². The van der Waals surface area contributed by atoms with Crippen LogP contribution in [0, 0.1) is 5.82 Å². The molecule has 1 amide bonds. The number of imidazole rings is 1. The van der Waals surface area contributed by atoms with Crippen LogP contribution in [0.15, 0.2) is 60.8 Å². The van der Waals surface area contributed by atoms with Crippen molar-refractivity contribution in [3.8, 4) is 21.7 Å². The lowest BCUT2D eigenvalue weighted by Gasteiger charge is -2.35. The van der Waals surface area contributed by atoms with Gasteiger partial charge in [-0.2, -0.15) is 0 Å². The van der Waals surface area contributed by atoms with E-state index in [0.29, 0.717) is 34.1 Å². The van der Waals surface area contributed by atoms with Crippen LogP contribution >= 0.6 is 11.3 Å². The van der Waals surface area contributed by atoms with Gasteiger partial charge in [-0.25, -0.2) is 14.4 Å². The normalized spacial score (nSPS) is 16.1. The van der Waals surface area contributed by atoms with Gasteiger partial charge in [0.15, 0.2) is 0 Å². The Morgan fingerprint density at radius 2 is 1.91 bits per heavy atom. The molecule has 6 nitrogen and oxygen atoms in total. The third kappa shape index (κ3) is 4.64. The molecule has 0 bridgehead atoms. The topological polar surface area (TPSA) is 82.1 Å². The maximum Gasteiger partial charge on any atom is 0.274 e. The zero-order valence-corrected chi connectivity index (χ0v) is 19.4. The number of hydrogen-bond acceptors (Lipinski definition) is 5. The molecule has 1 unspecified atom stereocenters. The second kappa shape index (κ2) is 9.87. The van der Waals surface area contributed by atoms with Crippen molar-refractivity contribution in [3.05, 3.63) is 83.1 Å². The Hall–Kier alpha value is -3.36. The summed E-state index contributed by atoms with van der Waals surface area (Å²) in [6.07, 6.45) is 5.32. The summed E-state index contributed by atoms with van der Waals surface area (Å²) in [6, 6.07) is 16.0. The van der Waals surface area contributed by atoms with Gasteiger partial charge in [0.2, 0.25) is 0 Å². The van der Waals surface area contributed by atoms with Gasteiger partial charge in [-0.1, -0.05) is 42.5 Å². The van der Waals surface area contributed by atoms with Gasteiger partial charge in [0.25, 0.3) is 5.91 Å². The van der Waals surface area contributed by atoms with E-state index in [-0.39, 0.29) is 24.4 Å². The highest BCUT2D eigenvalue weighted by molar-refractivity contribution is 7.15. The van der Waals surface area contributed by atoms with Crippen LogP contribution in [0.5, 0.6) is 0 Å². The van der Waals surface area contributed by atoms with Gasteiger partial charge in [0.05, 0.1) is 23.4 Å². The number of halogens is 1. The van der Waals surface area contributed by atoms with Crippen LogP contribution in [-0.4, -0.2) is 43.5 Å². The smallest absolute Gasteiger partial charge is 0.274 e. The maximum atomic E-state index is 13.7. The molecular formula is C26H25FN4O2S. The number of likely N-dealkylation sites (tertiary alicyclic amines) is 1. The van der Waals surface area contributed by atoms with Crippen molar-refractivity contribution in [2.75, 3.05) is 6.54 Å². The van der Waals surface area contributed by atoms with Crippen molar-refractivity contribution < 1.29 is 14.3 Å². The highest BCUT2D eigenvalue weighted by Crippen LogP contribution is 2.33. The third-order valence-corrected chi connectivity index (χ3v) is 7.24. The number of nitrogens with one attached hydrogen (secondary N) is 1. The van der Waals surface area contributed by atoms with E-state index in [1.165, 1.54) is 23.5 Å². The number of aliphatic hydroxyl groups excluding tert-OH is 1. The van der Waals surface area contributed by atoms with Gasteiger partial charge in [0, 0.05) is 19.0 Å². The average Bonchev–Trinajstić information content (AvgIpc) is 3.52. The van der Waals surface area contributed by atoms with E-state index in [1.807, 2.05) is 41.4 Å². The summed E-state index contributed by atoms with van der Waals surface area (Å²) in [5, 5.41) is 10.1. The number of thiazole rings is 1. The van der Waals surface area contributed by atoms with E-state index in [9.17, 15) is 14.3 Å². The lowest BCUT2D eigenvalue weighted by atomic mass is 9.98. The van der Waals surface area contributed by atoms with Gasteiger partial charge in [0.1, 0.15) is 22.3 Å². The van der Waals surface area contributed by atoms with Crippen molar-refractivity contribution >= 4 is 17.2 Å². The van der Waals surface area contributed by atoms with Gasteiger partial charge >= 0.3 is 0 Å². The number of amides is 1. The molecule has 2 N–H and O–H groups in total. The van der Waals surface area contributed by atoms with Crippen LogP contribution in [0.1, 0.15) is 40.6 Å². The number of carbonyl (C=O) groups is 1. The summed E-state index contributed by atoms with van der Waals surface area (Å²) in [7, 11) is 0. The molecule has 34 heavy (non-hydrogen) atoms. The van der Waals surface area contributed by atoms with E-state index >= 15 is 0 Å². The number of rotatable bonds is 6. The molecule has 0 aliphatic carbocycles. The van der Waals surface area contributed by atoms with Gasteiger partial charge < -0.3 is 15.0 Å². The molecule has 2 aromatic heterocycles. The van der Waals surface area contributed by atoms with Crippen molar-refractivity contribution in [2.24, 2.45) is 0 Å². The van der Waals surface area contributed by atoms with E-state index < -0.39 is 0 Å². The highest BCUT2D eigenvalue weighted by Gasteiger charge is 2.32. The molecule has 0 saturated carbocycles. The zero-order chi connectivity index (χ0) is 23.5. The Labute approximate surface area is 201 Å². The predicted molar refractivity (Wildman–Crippen MR) is 130 cm³/mol. The predicted octanol–water partition coefficient (Wildman–Crippen LogP) is 5.07. The molecule has 2 aromatic carbocycles. The fourth-order valence-electron chi connectivity index (χ4n) is 4.44. The summed E-state index contributed by atoms with van der Waals surface area (Å²) in [4.78, 5) is 28.7. The standard InChI is InChI=1S/C26H25FN4O2S/c27-19-11-9-18(10-12-19)25-24(30-23(16-32)34-25)26(33)31-13-5-4-8-20(31)14-22-28-15-21(29-22)17-6-2-1-3-7-17/h1-3,6-7,9-12,15,20,32H,4-5,8,13-14,16H2,(H,28,29). The fourth-order valence-corrected chi connectivity index (χ4v) is 5.36. The first kappa shape index (κ1) is 22.4. The summed E-state index contributed by atoms with van der Waals surface area (Å²) < 4.78 is 13.5. The second-order valence-electron chi connectivity index (χ2n) is 8.41. The number of carbonyl (C=O) groups excluding carboxylic acids is 1.